The molecule has 8 heteroatoms. The average molecular weight is 335 g/mol. The van der Waals surface area contributed by atoms with Crippen LogP contribution in [0, 0.1) is 0 Å². The van der Waals surface area contributed by atoms with Gasteiger partial charge in [-0.3, -0.25) is 0 Å². The maximum atomic E-state index is 12.7. The summed E-state index contributed by atoms with van der Waals surface area (Å²) < 4.78 is 2.54. The van der Waals surface area contributed by atoms with E-state index in [0.29, 0.717) is 16.9 Å². The lowest BCUT2D eigenvalue weighted by molar-refractivity contribution is 0.404. The molecule has 0 fully saturated rings. The molecule has 0 saturated carbocycles. The lowest BCUT2D eigenvalue weighted by atomic mass is 10.1. The molecule has 0 aliphatic carbocycles. The van der Waals surface area contributed by atoms with Crippen molar-refractivity contribution in [1.82, 2.24) is 19.2 Å². The van der Waals surface area contributed by atoms with E-state index in [1.54, 1.807) is 30.3 Å². The first-order chi connectivity index (χ1) is 12.0. The zero-order valence-electron chi connectivity index (χ0n) is 12.9. The van der Waals surface area contributed by atoms with Crippen LogP contribution >= 0.6 is 0 Å². The van der Waals surface area contributed by atoms with E-state index in [1.807, 2.05) is 6.07 Å². The second-order valence-electron chi connectivity index (χ2n) is 5.44. The average Bonchev–Trinajstić information content (AvgIpc) is 2.96. The number of hydrogen-bond donors (Lipinski definition) is 3. The Bertz CT molecular complexity index is 1150. The number of para-hydroxylation sites is 1. The molecule has 4 N–H and O–H groups in total. The Morgan fingerprint density at radius 3 is 2.48 bits per heavy atom. The smallest absolute Gasteiger partial charge is 0.355 e. The fourth-order valence-corrected chi connectivity index (χ4v) is 2.56. The Hall–Kier alpha value is -3.81. The van der Waals surface area contributed by atoms with Crippen LogP contribution in [0.4, 0.5) is 5.82 Å². The minimum absolute atomic E-state index is 0.0804. The number of nitrogen functional groups attached to an aromatic ring is 1. The van der Waals surface area contributed by atoms with Crippen molar-refractivity contribution >= 4 is 11.5 Å². The molecule has 0 bridgehead atoms. The molecule has 25 heavy (non-hydrogen) atoms. The van der Waals surface area contributed by atoms with Crippen molar-refractivity contribution in [2.45, 2.75) is 0 Å². The third kappa shape index (κ3) is 2.36. The van der Waals surface area contributed by atoms with Gasteiger partial charge in [-0.2, -0.15) is 4.68 Å². The van der Waals surface area contributed by atoms with Crippen LogP contribution in [0.1, 0.15) is 0 Å². The second kappa shape index (κ2) is 5.38. The molecule has 4 aromatic rings. The van der Waals surface area contributed by atoms with Gasteiger partial charge < -0.3 is 15.9 Å². The van der Waals surface area contributed by atoms with Gasteiger partial charge in [-0.1, -0.05) is 18.2 Å². The first-order valence-electron chi connectivity index (χ1n) is 7.40. The number of aromatic hydroxyl groups is 2. The van der Waals surface area contributed by atoms with Gasteiger partial charge in [0.05, 0.1) is 11.4 Å². The molecule has 0 saturated heterocycles. The predicted molar refractivity (Wildman–Crippen MR) is 91.8 cm³/mol. The molecule has 0 aliphatic heterocycles. The molecule has 0 unspecified atom stereocenters. The fraction of sp³-hybridized carbons (Fsp3) is 0. The summed E-state index contributed by atoms with van der Waals surface area (Å²) in [6, 6.07) is 13.2. The molecule has 4 rings (SSSR count). The van der Waals surface area contributed by atoms with Crippen molar-refractivity contribution in [2.24, 2.45) is 0 Å². The number of phenols is 2. The van der Waals surface area contributed by atoms with E-state index in [2.05, 4.69) is 10.1 Å². The summed E-state index contributed by atoms with van der Waals surface area (Å²) >= 11 is 0. The number of anilines is 1. The van der Waals surface area contributed by atoms with Gasteiger partial charge in [0, 0.05) is 11.8 Å². The molecule has 0 spiro atoms. The highest BCUT2D eigenvalue weighted by Gasteiger charge is 2.14. The maximum Gasteiger partial charge on any atom is 0.355 e. The molecule has 8 nitrogen and oxygen atoms in total. The van der Waals surface area contributed by atoms with Gasteiger partial charge in [0.2, 0.25) is 5.65 Å². The van der Waals surface area contributed by atoms with Gasteiger partial charge in [0.25, 0.3) is 0 Å². The summed E-state index contributed by atoms with van der Waals surface area (Å²) in [5.74, 6) is -0.450. The number of rotatable bonds is 2. The third-order valence-electron chi connectivity index (χ3n) is 3.80. The van der Waals surface area contributed by atoms with Crippen LogP contribution < -0.4 is 11.4 Å². The van der Waals surface area contributed by atoms with E-state index in [9.17, 15) is 15.0 Å². The lowest BCUT2D eigenvalue weighted by Crippen LogP contribution is -2.19. The summed E-state index contributed by atoms with van der Waals surface area (Å²) in [7, 11) is 0. The maximum absolute atomic E-state index is 12.7. The molecular weight excluding hydrogens is 322 g/mol. The second-order valence-corrected chi connectivity index (χ2v) is 5.44. The monoisotopic (exact) mass is 335 g/mol. The zero-order chi connectivity index (χ0) is 17.6. The quantitative estimate of drug-likeness (QED) is 0.478. The molecule has 2 aromatic heterocycles. The van der Waals surface area contributed by atoms with Gasteiger partial charge in [-0.25, -0.2) is 14.2 Å². The largest absolute Gasteiger partial charge is 0.504 e. The van der Waals surface area contributed by atoms with E-state index in [4.69, 9.17) is 5.73 Å². The van der Waals surface area contributed by atoms with Crippen LogP contribution in [0.25, 0.3) is 22.6 Å². The summed E-state index contributed by atoms with van der Waals surface area (Å²) in [4.78, 5) is 16.9. The highest BCUT2D eigenvalue weighted by atomic mass is 16.3. The standard InChI is InChI=1S/C17H13N5O3/c18-15-16-20-22(11-4-2-1-3-5-11)17(25)21(16)9-12(19-15)10-6-7-13(23)14(24)8-10/h1-9,23-24H,(H2,18,19). The summed E-state index contributed by atoms with van der Waals surface area (Å²) in [6.07, 6.45) is 1.49. The molecule has 2 aromatic carbocycles. The molecule has 0 radical (unpaired) electrons. The van der Waals surface area contributed by atoms with Crippen molar-refractivity contribution in [3.63, 3.8) is 0 Å². The van der Waals surface area contributed by atoms with Crippen LogP contribution in [0.3, 0.4) is 0 Å². The highest BCUT2D eigenvalue weighted by Crippen LogP contribution is 2.30. The Labute approximate surface area is 141 Å². The van der Waals surface area contributed by atoms with Crippen LogP contribution in [0.5, 0.6) is 11.5 Å². The van der Waals surface area contributed by atoms with Crippen molar-refractivity contribution in [3.05, 3.63) is 65.2 Å². The molecule has 0 aliphatic rings. The summed E-state index contributed by atoms with van der Waals surface area (Å²) in [5.41, 5.74) is 7.30. The lowest BCUT2D eigenvalue weighted by Gasteiger charge is -2.05. The molecular formula is C17H13N5O3. The zero-order valence-corrected chi connectivity index (χ0v) is 12.9. The number of phenolic OH excluding ortho intramolecular Hbond substituents is 2. The first kappa shape index (κ1) is 14.8. The van der Waals surface area contributed by atoms with E-state index in [1.165, 1.54) is 27.4 Å². The van der Waals surface area contributed by atoms with E-state index in [-0.39, 0.29) is 28.7 Å². The third-order valence-corrected chi connectivity index (χ3v) is 3.80. The predicted octanol–water partition coefficient (Wildman–Crippen LogP) is 1.54. The van der Waals surface area contributed by atoms with Crippen LogP contribution in [-0.2, 0) is 0 Å². The number of aromatic nitrogens is 4. The SMILES string of the molecule is Nc1nc(-c2ccc(O)c(O)c2)cn2c(=O)n(-c3ccccc3)nc12. The van der Waals surface area contributed by atoms with Crippen molar-refractivity contribution < 1.29 is 10.2 Å². The highest BCUT2D eigenvalue weighted by molar-refractivity contribution is 5.69. The minimum atomic E-state index is -0.389. The van der Waals surface area contributed by atoms with Gasteiger partial charge in [-0.15, -0.1) is 5.10 Å². The van der Waals surface area contributed by atoms with Gasteiger partial charge >= 0.3 is 5.69 Å². The Morgan fingerprint density at radius 1 is 1.00 bits per heavy atom. The first-order valence-corrected chi connectivity index (χ1v) is 7.40. The number of fused-ring (bicyclic) bond motifs is 1. The normalized spacial score (nSPS) is 11.0. The van der Waals surface area contributed by atoms with E-state index < -0.39 is 0 Å². The van der Waals surface area contributed by atoms with Gasteiger partial charge in [0.1, 0.15) is 0 Å². The summed E-state index contributed by atoms with van der Waals surface area (Å²) in [6.45, 7) is 0. The van der Waals surface area contributed by atoms with Gasteiger partial charge in [0.15, 0.2) is 17.3 Å². The van der Waals surface area contributed by atoms with Crippen molar-refractivity contribution in [1.29, 1.82) is 0 Å². The van der Waals surface area contributed by atoms with Crippen LogP contribution in [-0.4, -0.2) is 29.4 Å². The van der Waals surface area contributed by atoms with Gasteiger partial charge in [-0.05, 0) is 30.3 Å². The van der Waals surface area contributed by atoms with Crippen molar-refractivity contribution in [3.8, 4) is 28.4 Å². The fourth-order valence-electron chi connectivity index (χ4n) is 2.56. The van der Waals surface area contributed by atoms with Crippen LogP contribution in [0.15, 0.2) is 59.5 Å². The Balaban J connectivity index is 1.94. The molecule has 0 amide bonds. The molecule has 124 valence electrons. The molecule has 0 atom stereocenters. The topological polar surface area (TPSA) is 119 Å². The van der Waals surface area contributed by atoms with Crippen molar-refractivity contribution in [2.75, 3.05) is 5.73 Å². The summed E-state index contributed by atoms with van der Waals surface area (Å²) in [5, 5.41) is 23.3. The van der Waals surface area contributed by atoms with E-state index in [0.717, 1.165) is 0 Å². The number of nitrogens with zero attached hydrogens (tertiary/aromatic N) is 4. The number of hydrogen-bond acceptors (Lipinski definition) is 6. The molecule has 2 heterocycles. The number of nitrogens with two attached hydrogens (primary N) is 1. The van der Waals surface area contributed by atoms with Crippen LogP contribution in [0.2, 0.25) is 0 Å². The minimum Gasteiger partial charge on any atom is -0.504 e. The Kier molecular flexibility index (Phi) is 3.17. The Morgan fingerprint density at radius 2 is 1.76 bits per heavy atom. The van der Waals surface area contributed by atoms with E-state index >= 15 is 0 Å². The number of benzene rings is 2.